The van der Waals surface area contributed by atoms with Crippen LogP contribution in [0.4, 0.5) is 0 Å². The van der Waals surface area contributed by atoms with Crippen LogP contribution in [-0.4, -0.2) is 31.3 Å². The molecule has 7 heteroatoms. The van der Waals surface area contributed by atoms with Crippen LogP contribution in [0.1, 0.15) is 64.7 Å². The maximum atomic E-state index is 13.3. The third-order valence-electron chi connectivity index (χ3n) is 6.39. The minimum atomic E-state index is -0.980. The van der Waals surface area contributed by atoms with Crippen LogP contribution in [0.25, 0.3) is 11.1 Å². The summed E-state index contributed by atoms with van der Waals surface area (Å²) in [6, 6.07) is 23.7. The number of aryl methyl sites for hydroxylation is 1. The SMILES string of the molecule is CCCCCCc1nn(C(=O)Cc2ccccc2)c(=O)n1Cc1ccc(-c2ccccc2C(=O)O)cc1. The van der Waals surface area contributed by atoms with Crippen LogP contribution in [0.2, 0.25) is 0 Å². The lowest BCUT2D eigenvalue weighted by atomic mass is 9.99. The summed E-state index contributed by atoms with van der Waals surface area (Å²) in [5.74, 6) is -0.736. The fraction of sp³-hybridized carbons (Fsp3) is 0.267. The van der Waals surface area contributed by atoms with Crippen molar-refractivity contribution in [3.8, 4) is 11.1 Å². The summed E-state index contributed by atoms with van der Waals surface area (Å²) in [6.45, 7) is 2.42. The van der Waals surface area contributed by atoms with Gasteiger partial charge in [-0.2, -0.15) is 0 Å². The van der Waals surface area contributed by atoms with E-state index >= 15 is 0 Å². The standard InChI is InChI=1S/C30H31N3O4/c1-2-3-4-8-15-27-31-33(28(34)20-22-11-6-5-7-12-22)30(37)32(27)21-23-16-18-24(19-17-23)25-13-9-10-14-26(25)29(35)36/h5-7,9-14,16-19H,2-4,8,15,20-21H2,1H3,(H,35,36). The fourth-order valence-electron chi connectivity index (χ4n) is 4.39. The molecule has 0 aliphatic heterocycles. The molecule has 0 unspecified atom stereocenters. The lowest BCUT2D eigenvalue weighted by molar-refractivity contribution is 0.0697. The molecular formula is C30H31N3O4. The maximum absolute atomic E-state index is 13.3. The fourth-order valence-corrected chi connectivity index (χ4v) is 4.39. The van der Waals surface area contributed by atoms with Gasteiger partial charge in [0, 0.05) is 6.42 Å². The summed E-state index contributed by atoms with van der Waals surface area (Å²) < 4.78 is 2.58. The number of carbonyl (C=O) groups is 2. The zero-order valence-corrected chi connectivity index (χ0v) is 21.0. The van der Waals surface area contributed by atoms with Crippen LogP contribution in [0.15, 0.2) is 83.7 Å². The molecule has 0 saturated heterocycles. The van der Waals surface area contributed by atoms with Gasteiger partial charge in [-0.25, -0.2) is 9.59 Å². The molecule has 4 rings (SSSR count). The summed E-state index contributed by atoms with van der Waals surface area (Å²) >= 11 is 0. The van der Waals surface area contributed by atoms with Crippen molar-refractivity contribution in [1.29, 1.82) is 0 Å². The Kier molecular flexibility index (Phi) is 8.46. The van der Waals surface area contributed by atoms with Gasteiger partial charge < -0.3 is 5.11 Å². The maximum Gasteiger partial charge on any atom is 0.353 e. The van der Waals surface area contributed by atoms with Crippen molar-refractivity contribution in [3.63, 3.8) is 0 Å². The number of rotatable bonds is 11. The summed E-state index contributed by atoms with van der Waals surface area (Å²) in [5.41, 5.74) is 2.90. The van der Waals surface area contributed by atoms with Crippen molar-refractivity contribution in [2.45, 2.75) is 52.0 Å². The Labute approximate surface area is 216 Å². The quantitative estimate of drug-likeness (QED) is 0.278. The molecule has 0 aliphatic carbocycles. The van der Waals surface area contributed by atoms with Gasteiger partial charge in [-0.1, -0.05) is 99.0 Å². The van der Waals surface area contributed by atoms with E-state index in [9.17, 15) is 19.5 Å². The Hall–Kier alpha value is -4.26. The van der Waals surface area contributed by atoms with Gasteiger partial charge in [0.15, 0.2) is 0 Å². The van der Waals surface area contributed by atoms with Gasteiger partial charge in [0.25, 0.3) is 5.91 Å². The second-order valence-electron chi connectivity index (χ2n) is 9.11. The normalized spacial score (nSPS) is 10.9. The summed E-state index contributed by atoms with van der Waals surface area (Å²) in [5, 5.41) is 14.0. The predicted octanol–water partition coefficient (Wildman–Crippen LogP) is 5.46. The molecule has 190 valence electrons. The van der Waals surface area contributed by atoms with E-state index in [1.807, 2.05) is 54.6 Å². The van der Waals surface area contributed by atoms with Crippen molar-refractivity contribution >= 4 is 11.9 Å². The van der Waals surface area contributed by atoms with Gasteiger partial charge in [-0.05, 0) is 34.7 Å². The number of unbranched alkanes of at least 4 members (excludes halogenated alkanes) is 3. The summed E-state index contributed by atoms with van der Waals surface area (Å²) in [4.78, 5) is 37.9. The number of carbonyl (C=O) groups excluding carboxylic acids is 1. The zero-order chi connectivity index (χ0) is 26.2. The van der Waals surface area contributed by atoms with Crippen molar-refractivity contribution in [2.75, 3.05) is 0 Å². The van der Waals surface area contributed by atoms with Gasteiger partial charge in [0.1, 0.15) is 5.82 Å². The van der Waals surface area contributed by atoms with Crippen molar-refractivity contribution in [2.24, 2.45) is 0 Å². The highest BCUT2D eigenvalue weighted by Crippen LogP contribution is 2.24. The van der Waals surface area contributed by atoms with E-state index in [2.05, 4.69) is 12.0 Å². The minimum Gasteiger partial charge on any atom is -0.478 e. The molecule has 37 heavy (non-hydrogen) atoms. The average molecular weight is 498 g/mol. The van der Waals surface area contributed by atoms with Crippen LogP contribution >= 0.6 is 0 Å². The molecule has 1 aromatic heterocycles. The molecule has 7 nitrogen and oxygen atoms in total. The molecule has 0 atom stereocenters. The molecule has 1 heterocycles. The predicted molar refractivity (Wildman–Crippen MR) is 143 cm³/mol. The van der Waals surface area contributed by atoms with Gasteiger partial charge in [-0.15, -0.1) is 9.78 Å². The Morgan fingerprint density at radius 2 is 1.54 bits per heavy atom. The van der Waals surface area contributed by atoms with Crippen LogP contribution in [-0.2, 0) is 19.4 Å². The molecule has 0 amide bonds. The van der Waals surface area contributed by atoms with Gasteiger partial charge in [-0.3, -0.25) is 9.36 Å². The molecule has 3 aromatic carbocycles. The monoisotopic (exact) mass is 497 g/mol. The Morgan fingerprint density at radius 1 is 0.838 bits per heavy atom. The Balaban J connectivity index is 1.60. The van der Waals surface area contributed by atoms with E-state index in [1.54, 1.807) is 28.8 Å². The van der Waals surface area contributed by atoms with Gasteiger partial charge in [0.2, 0.25) is 0 Å². The molecule has 0 spiro atoms. The summed E-state index contributed by atoms with van der Waals surface area (Å²) in [6.07, 6.45) is 4.86. The first kappa shape index (κ1) is 25.8. The van der Waals surface area contributed by atoms with Crippen LogP contribution in [0, 0.1) is 0 Å². The van der Waals surface area contributed by atoms with E-state index in [4.69, 9.17) is 0 Å². The highest BCUT2D eigenvalue weighted by atomic mass is 16.4. The number of hydrogen-bond acceptors (Lipinski definition) is 4. The number of aromatic carboxylic acids is 1. The average Bonchev–Trinajstić information content (AvgIpc) is 3.22. The third kappa shape index (κ3) is 6.30. The number of nitrogens with zero attached hydrogens (tertiary/aromatic N) is 3. The van der Waals surface area contributed by atoms with Crippen molar-refractivity contribution < 1.29 is 14.7 Å². The number of hydrogen-bond donors (Lipinski definition) is 1. The number of benzene rings is 3. The minimum absolute atomic E-state index is 0.102. The van der Waals surface area contributed by atoms with E-state index < -0.39 is 11.7 Å². The van der Waals surface area contributed by atoms with Crippen molar-refractivity contribution in [1.82, 2.24) is 14.3 Å². The second-order valence-corrected chi connectivity index (χ2v) is 9.11. The largest absolute Gasteiger partial charge is 0.478 e. The molecule has 1 N–H and O–H groups in total. The molecule has 0 radical (unpaired) electrons. The third-order valence-corrected chi connectivity index (χ3v) is 6.39. The topological polar surface area (TPSA) is 94.2 Å². The molecule has 4 aromatic rings. The lowest BCUT2D eigenvalue weighted by Crippen LogP contribution is -2.31. The van der Waals surface area contributed by atoms with Crippen molar-refractivity contribution in [3.05, 3.63) is 112 Å². The lowest BCUT2D eigenvalue weighted by Gasteiger charge is -2.09. The number of aromatic nitrogens is 3. The van der Waals surface area contributed by atoms with Crippen LogP contribution in [0.5, 0.6) is 0 Å². The van der Waals surface area contributed by atoms with Crippen LogP contribution in [0.3, 0.4) is 0 Å². The summed E-state index contributed by atoms with van der Waals surface area (Å²) in [7, 11) is 0. The highest BCUT2D eigenvalue weighted by Gasteiger charge is 2.19. The Bertz CT molecular complexity index is 1420. The van der Waals surface area contributed by atoms with Gasteiger partial charge in [0.05, 0.1) is 18.5 Å². The highest BCUT2D eigenvalue weighted by molar-refractivity contribution is 5.96. The smallest absolute Gasteiger partial charge is 0.353 e. The van der Waals surface area contributed by atoms with E-state index in [-0.39, 0.29) is 24.4 Å². The molecular weight excluding hydrogens is 466 g/mol. The zero-order valence-electron chi connectivity index (χ0n) is 21.0. The van der Waals surface area contributed by atoms with E-state index in [0.29, 0.717) is 17.8 Å². The first-order valence-corrected chi connectivity index (χ1v) is 12.7. The molecule has 0 fully saturated rings. The van der Waals surface area contributed by atoms with Crippen LogP contribution < -0.4 is 5.69 Å². The van der Waals surface area contributed by atoms with E-state index in [1.165, 1.54) is 0 Å². The molecule has 0 aliphatic rings. The first-order chi connectivity index (χ1) is 18.0. The number of carboxylic acids is 1. The second kappa shape index (κ2) is 12.1. The molecule has 0 saturated carbocycles. The molecule has 0 bridgehead atoms. The number of carboxylic acid groups (broad SMARTS) is 1. The van der Waals surface area contributed by atoms with E-state index in [0.717, 1.165) is 47.1 Å². The Morgan fingerprint density at radius 3 is 2.24 bits per heavy atom. The van der Waals surface area contributed by atoms with Gasteiger partial charge >= 0.3 is 11.7 Å². The first-order valence-electron chi connectivity index (χ1n) is 12.7.